The quantitative estimate of drug-likeness (QED) is 0.799. The fourth-order valence-corrected chi connectivity index (χ4v) is 4.35. The van der Waals surface area contributed by atoms with E-state index in [1.54, 1.807) is 0 Å². The first-order valence-electron chi connectivity index (χ1n) is 9.18. The summed E-state index contributed by atoms with van der Waals surface area (Å²) < 4.78 is 17.3. The van der Waals surface area contributed by atoms with E-state index >= 15 is 0 Å². The molecular weight excluding hydrogens is 320 g/mol. The summed E-state index contributed by atoms with van der Waals surface area (Å²) in [6, 6.07) is 10.3. The monoisotopic (exact) mass is 346 g/mol. The molecule has 0 bridgehead atoms. The van der Waals surface area contributed by atoms with E-state index in [9.17, 15) is 10.2 Å². The van der Waals surface area contributed by atoms with Crippen molar-refractivity contribution >= 4 is 0 Å². The van der Waals surface area contributed by atoms with Crippen molar-refractivity contribution < 1.29 is 24.4 Å². The highest BCUT2D eigenvalue weighted by molar-refractivity contribution is 5.16. The molecule has 0 radical (unpaired) electrons. The van der Waals surface area contributed by atoms with Crippen LogP contribution in [-0.4, -0.2) is 47.7 Å². The van der Waals surface area contributed by atoms with Gasteiger partial charge in [-0.1, -0.05) is 36.4 Å². The van der Waals surface area contributed by atoms with Crippen molar-refractivity contribution in [3.63, 3.8) is 0 Å². The number of ether oxygens (including phenoxy) is 3. The number of benzene rings is 1. The second-order valence-electron chi connectivity index (χ2n) is 7.26. The fourth-order valence-electron chi connectivity index (χ4n) is 4.35. The molecule has 2 heterocycles. The van der Waals surface area contributed by atoms with Crippen molar-refractivity contribution in [1.82, 2.24) is 0 Å². The Kier molecular flexibility index (Phi) is 4.93. The van der Waals surface area contributed by atoms with E-state index in [2.05, 4.69) is 12.1 Å². The Hall–Kier alpha value is -1.24. The summed E-state index contributed by atoms with van der Waals surface area (Å²) in [6.45, 7) is 1.17. The maximum Gasteiger partial charge on any atom is 0.188 e. The summed E-state index contributed by atoms with van der Waals surface area (Å²) in [5, 5.41) is 20.1. The third kappa shape index (κ3) is 3.66. The van der Waals surface area contributed by atoms with Gasteiger partial charge in [0.15, 0.2) is 12.1 Å². The lowest BCUT2D eigenvalue weighted by Crippen LogP contribution is -2.29. The summed E-state index contributed by atoms with van der Waals surface area (Å²) in [5.41, 5.74) is 1.25. The Balaban J connectivity index is 1.45. The summed E-state index contributed by atoms with van der Waals surface area (Å²) in [7, 11) is 0. The van der Waals surface area contributed by atoms with Gasteiger partial charge in [0.2, 0.25) is 0 Å². The zero-order chi connectivity index (χ0) is 17.3. The molecule has 2 N–H and O–H groups in total. The van der Waals surface area contributed by atoms with Gasteiger partial charge in [-0.2, -0.15) is 0 Å². The van der Waals surface area contributed by atoms with Crippen LogP contribution in [0.25, 0.3) is 0 Å². The lowest BCUT2D eigenvalue weighted by molar-refractivity contribution is -0.121. The van der Waals surface area contributed by atoms with Gasteiger partial charge in [0.05, 0.1) is 25.4 Å². The van der Waals surface area contributed by atoms with Crippen LogP contribution in [0.5, 0.6) is 0 Å². The smallest absolute Gasteiger partial charge is 0.188 e. The van der Waals surface area contributed by atoms with Gasteiger partial charge in [0, 0.05) is 25.2 Å². The molecule has 1 unspecified atom stereocenters. The van der Waals surface area contributed by atoms with E-state index in [0.29, 0.717) is 26.1 Å². The number of hydrogen-bond donors (Lipinski definition) is 2. The highest BCUT2D eigenvalue weighted by Crippen LogP contribution is 2.44. The van der Waals surface area contributed by atoms with Crippen molar-refractivity contribution in [2.75, 3.05) is 13.2 Å². The van der Waals surface area contributed by atoms with Crippen LogP contribution < -0.4 is 0 Å². The summed E-state index contributed by atoms with van der Waals surface area (Å²) >= 11 is 0. The van der Waals surface area contributed by atoms with Crippen LogP contribution in [0.4, 0.5) is 0 Å². The van der Waals surface area contributed by atoms with Gasteiger partial charge in [0.25, 0.3) is 0 Å². The largest absolute Gasteiger partial charge is 0.392 e. The molecule has 3 aliphatic rings. The van der Waals surface area contributed by atoms with Crippen molar-refractivity contribution in [2.24, 2.45) is 11.8 Å². The van der Waals surface area contributed by atoms with Gasteiger partial charge in [0.1, 0.15) is 0 Å². The van der Waals surface area contributed by atoms with Crippen LogP contribution >= 0.6 is 0 Å². The molecular formula is C20H26O5. The molecule has 1 aromatic rings. The zero-order valence-corrected chi connectivity index (χ0v) is 14.3. The van der Waals surface area contributed by atoms with E-state index in [0.717, 1.165) is 12.8 Å². The average Bonchev–Trinajstić information content (AvgIpc) is 3.28. The zero-order valence-electron chi connectivity index (χ0n) is 14.3. The SMILES string of the molecule is OC1C[C@@H]2[C@@H](/C=C/C3(CCc4ccccc4)OCCO3)[C@H](O)C[C@@H]2O1. The Morgan fingerprint density at radius 3 is 2.60 bits per heavy atom. The fraction of sp³-hybridized carbons (Fsp3) is 0.600. The maximum absolute atomic E-state index is 10.4. The normalized spacial score (nSPS) is 37.0. The van der Waals surface area contributed by atoms with Crippen LogP contribution in [0.2, 0.25) is 0 Å². The number of aryl methyl sites for hydroxylation is 1. The van der Waals surface area contributed by atoms with E-state index in [1.165, 1.54) is 5.56 Å². The molecule has 3 fully saturated rings. The molecule has 4 rings (SSSR count). The standard InChI is InChI=1S/C20H26O5/c21-17-13-18-16(12-19(22)25-18)15(17)7-9-20(23-10-11-24-20)8-6-14-4-2-1-3-5-14/h1-5,7,9,15-19,21-22H,6,8,10-13H2/b9-7+/t15-,16-,17-,18+,19?/m1/s1. The third-order valence-electron chi connectivity index (χ3n) is 5.65. The molecule has 2 saturated heterocycles. The third-order valence-corrected chi connectivity index (χ3v) is 5.65. The van der Waals surface area contributed by atoms with Crippen molar-refractivity contribution in [3.8, 4) is 0 Å². The first-order chi connectivity index (χ1) is 12.2. The number of aliphatic hydroxyl groups is 2. The topological polar surface area (TPSA) is 68.2 Å². The van der Waals surface area contributed by atoms with Crippen molar-refractivity contribution in [1.29, 1.82) is 0 Å². The minimum atomic E-state index is -0.717. The highest BCUT2D eigenvalue weighted by Gasteiger charge is 2.48. The number of fused-ring (bicyclic) bond motifs is 1. The Bertz CT molecular complexity index is 595. The number of rotatable bonds is 5. The molecule has 25 heavy (non-hydrogen) atoms. The van der Waals surface area contributed by atoms with Crippen molar-refractivity contribution in [3.05, 3.63) is 48.0 Å². The number of hydrogen-bond acceptors (Lipinski definition) is 5. The first-order valence-corrected chi connectivity index (χ1v) is 9.18. The minimum absolute atomic E-state index is 0.0245. The summed E-state index contributed by atoms with van der Waals surface area (Å²) in [4.78, 5) is 0. The molecule has 1 aromatic carbocycles. The molecule has 136 valence electrons. The molecule has 1 saturated carbocycles. The molecule has 0 amide bonds. The van der Waals surface area contributed by atoms with Gasteiger partial charge in [-0.3, -0.25) is 0 Å². The lowest BCUT2D eigenvalue weighted by Gasteiger charge is -2.25. The van der Waals surface area contributed by atoms with Gasteiger partial charge in [-0.05, 0) is 24.0 Å². The molecule has 2 aliphatic heterocycles. The van der Waals surface area contributed by atoms with E-state index in [-0.39, 0.29) is 17.9 Å². The number of aliphatic hydroxyl groups excluding tert-OH is 2. The second kappa shape index (κ2) is 7.17. The van der Waals surface area contributed by atoms with Gasteiger partial charge in [-0.25, -0.2) is 0 Å². The molecule has 1 aliphatic carbocycles. The minimum Gasteiger partial charge on any atom is -0.392 e. The van der Waals surface area contributed by atoms with E-state index in [4.69, 9.17) is 14.2 Å². The van der Waals surface area contributed by atoms with Crippen molar-refractivity contribution in [2.45, 2.75) is 50.0 Å². The molecule has 0 spiro atoms. The van der Waals surface area contributed by atoms with Crippen LogP contribution in [-0.2, 0) is 20.6 Å². The predicted molar refractivity (Wildman–Crippen MR) is 91.6 cm³/mol. The van der Waals surface area contributed by atoms with E-state index in [1.807, 2.05) is 30.4 Å². The Labute approximate surface area is 148 Å². The second-order valence-corrected chi connectivity index (χ2v) is 7.26. The summed E-state index contributed by atoms with van der Waals surface area (Å²) in [5.74, 6) is -0.580. The van der Waals surface area contributed by atoms with Crippen LogP contribution in [0.3, 0.4) is 0 Å². The molecule has 5 atom stereocenters. The lowest BCUT2D eigenvalue weighted by atomic mass is 9.90. The Morgan fingerprint density at radius 2 is 1.84 bits per heavy atom. The van der Waals surface area contributed by atoms with Crippen LogP contribution in [0.15, 0.2) is 42.5 Å². The Morgan fingerprint density at radius 1 is 1.08 bits per heavy atom. The van der Waals surface area contributed by atoms with Crippen LogP contribution in [0, 0.1) is 11.8 Å². The van der Waals surface area contributed by atoms with Gasteiger partial charge < -0.3 is 24.4 Å². The van der Waals surface area contributed by atoms with Gasteiger partial charge in [-0.15, -0.1) is 0 Å². The predicted octanol–water partition coefficient (Wildman–Crippen LogP) is 2.02. The molecule has 5 heteroatoms. The van der Waals surface area contributed by atoms with Crippen LogP contribution in [0.1, 0.15) is 24.8 Å². The van der Waals surface area contributed by atoms with E-state index < -0.39 is 18.2 Å². The highest BCUT2D eigenvalue weighted by atomic mass is 16.7. The molecule has 0 aromatic heterocycles. The average molecular weight is 346 g/mol. The molecule has 5 nitrogen and oxygen atoms in total. The summed E-state index contributed by atoms with van der Waals surface area (Å²) in [6.07, 6.45) is 5.57. The maximum atomic E-state index is 10.4. The first kappa shape index (κ1) is 17.2. The van der Waals surface area contributed by atoms with Gasteiger partial charge >= 0.3 is 0 Å².